The van der Waals surface area contributed by atoms with Crippen LogP contribution in [0, 0.1) is 6.92 Å². The van der Waals surface area contributed by atoms with E-state index in [1.165, 1.54) is 16.3 Å². The van der Waals surface area contributed by atoms with E-state index < -0.39 is 0 Å². The minimum Gasteiger partial charge on any atom is -0.372 e. The number of nitrogens with one attached hydrogen (secondary N) is 1. The average molecular weight is 414 g/mol. The van der Waals surface area contributed by atoms with Crippen LogP contribution in [-0.4, -0.2) is 61.4 Å². The molecule has 1 saturated heterocycles. The van der Waals surface area contributed by atoms with Gasteiger partial charge in [-0.25, -0.2) is 9.78 Å². The van der Waals surface area contributed by atoms with Crippen LogP contribution in [0.15, 0.2) is 40.3 Å². The summed E-state index contributed by atoms with van der Waals surface area (Å²) < 4.78 is 6.95. The number of rotatable bonds is 4. The number of amides is 1. The Balaban J connectivity index is 1.59. The third kappa shape index (κ3) is 4.06. The molecular weight excluding hydrogens is 390 g/mol. The van der Waals surface area contributed by atoms with Gasteiger partial charge in [-0.3, -0.25) is 9.78 Å². The van der Waals surface area contributed by atoms with E-state index in [9.17, 15) is 9.59 Å². The van der Waals surface area contributed by atoms with Crippen molar-refractivity contribution < 1.29 is 9.53 Å². The molecule has 2 aromatic heterocycles. The van der Waals surface area contributed by atoms with Gasteiger partial charge in [0, 0.05) is 18.7 Å². The van der Waals surface area contributed by atoms with Crippen LogP contribution in [0.4, 0.5) is 0 Å². The van der Waals surface area contributed by atoms with Gasteiger partial charge in [-0.05, 0) is 26.3 Å². The summed E-state index contributed by atoms with van der Waals surface area (Å²) in [4.78, 5) is 34.2. The molecule has 9 heteroatoms. The van der Waals surface area contributed by atoms with Crippen LogP contribution in [0.5, 0.6) is 0 Å². The monoisotopic (exact) mass is 413 g/mol. The largest absolute Gasteiger partial charge is 0.372 e. The van der Waals surface area contributed by atoms with Crippen LogP contribution < -0.4 is 5.69 Å². The highest BCUT2D eigenvalue weighted by Gasteiger charge is 2.26. The first-order chi connectivity index (χ1) is 13.9. The molecule has 1 aliphatic rings. The molecule has 4 rings (SSSR count). The van der Waals surface area contributed by atoms with Gasteiger partial charge in [0.2, 0.25) is 5.91 Å². The van der Waals surface area contributed by atoms with Gasteiger partial charge < -0.3 is 9.64 Å². The van der Waals surface area contributed by atoms with Gasteiger partial charge in [0.05, 0.1) is 23.7 Å². The second-order valence-corrected chi connectivity index (χ2v) is 8.22. The highest BCUT2D eigenvalue weighted by atomic mass is 32.2. The lowest BCUT2D eigenvalue weighted by molar-refractivity contribution is -0.140. The van der Waals surface area contributed by atoms with Crippen molar-refractivity contribution in [1.82, 2.24) is 24.5 Å². The Labute approximate surface area is 172 Å². The van der Waals surface area contributed by atoms with Crippen molar-refractivity contribution in [3.8, 4) is 11.1 Å². The summed E-state index contributed by atoms with van der Waals surface area (Å²) in [7, 11) is 0. The molecule has 0 radical (unpaired) electrons. The van der Waals surface area contributed by atoms with Crippen LogP contribution in [-0.2, 0) is 9.53 Å². The summed E-state index contributed by atoms with van der Waals surface area (Å²) in [5, 5.41) is 4.73. The number of aromatic nitrogens is 4. The average Bonchev–Trinajstić information content (AvgIpc) is 3.02. The number of carbonyl (C=O) groups is 1. The highest BCUT2D eigenvalue weighted by Crippen LogP contribution is 2.27. The van der Waals surface area contributed by atoms with Crippen LogP contribution in [0.3, 0.4) is 0 Å². The van der Waals surface area contributed by atoms with Crippen molar-refractivity contribution in [2.45, 2.75) is 38.1 Å². The molecule has 1 aromatic carbocycles. The Morgan fingerprint density at radius 2 is 1.93 bits per heavy atom. The number of nitrogens with zero attached hydrogens (tertiary/aromatic N) is 4. The minimum absolute atomic E-state index is 0.00694. The number of aryl methyl sites for hydroxylation is 1. The van der Waals surface area contributed by atoms with E-state index in [-0.39, 0.29) is 29.6 Å². The third-order valence-electron chi connectivity index (χ3n) is 4.82. The molecule has 1 aliphatic heterocycles. The van der Waals surface area contributed by atoms with Gasteiger partial charge in [-0.1, -0.05) is 42.1 Å². The fourth-order valence-corrected chi connectivity index (χ4v) is 4.40. The van der Waals surface area contributed by atoms with E-state index in [1.807, 2.05) is 51.1 Å². The highest BCUT2D eigenvalue weighted by molar-refractivity contribution is 7.99. The quantitative estimate of drug-likeness (QED) is 0.659. The topological polar surface area (TPSA) is 92.6 Å². The standard InChI is InChI=1S/C20H23N5O3S/c1-12-9-24(10-13(2)28-12)16(26)11-29-19-21-18-17(15-7-5-4-6-8-15)14(3)23-25(18)20(27)22-19/h4-8,12-13H,9-11H2,1-3H3,(H,21,22,27). The number of ether oxygens (including phenoxy) is 1. The molecule has 1 N–H and O–H groups in total. The van der Waals surface area contributed by atoms with Crippen molar-refractivity contribution in [2.75, 3.05) is 18.8 Å². The molecular formula is C20H23N5O3S. The Morgan fingerprint density at radius 1 is 1.24 bits per heavy atom. The van der Waals surface area contributed by atoms with E-state index in [0.29, 0.717) is 23.9 Å². The molecule has 0 saturated carbocycles. The summed E-state index contributed by atoms with van der Waals surface area (Å²) in [5.41, 5.74) is 2.61. The summed E-state index contributed by atoms with van der Waals surface area (Å²) in [6.07, 6.45) is 0.0374. The SMILES string of the molecule is Cc1nn2c(=O)[nH]c(SCC(=O)N3CC(C)OC(C)C3)nc2c1-c1ccccc1. The van der Waals surface area contributed by atoms with Gasteiger partial charge in [0.25, 0.3) is 0 Å². The molecule has 3 heterocycles. The first kappa shape index (κ1) is 19.7. The van der Waals surface area contributed by atoms with Crippen molar-refractivity contribution in [2.24, 2.45) is 0 Å². The summed E-state index contributed by atoms with van der Waals surface area (Å²) in [6.45, 7) is 6.93. The lowest BCUT2D eigenvalue weighted by Crippen LogP contribution is -2.48. The number of H-pyrrole nitrogens is 1. The normalized spacial score (nSPS) is 19.6. The fraction of sp³-hybridized carbons (Fsp3) is 0.400. The Kier molecular flexibility index (Phi) is 5.42. The lowest BCUT2D eigenvalue weighted by atomic mass is 10.1. The van der Waals surface area contributed by atoms with Crippen LogP contribution in [0.25, 0.3) is 16.8 Å². The van der Waals surface area contributed by atoms with E-state index in [4.69, 9.17) is 4.74 Å². The Bertz CT molecular complexity index is 1080. The number of thioether (sulfide) groups is 1. The number of morpholine rings is 1. The molecule has 0 aliphatic carbocycles. The van der Waals surface area contributed by atoms with Gasteiger partial charge in [0.15, 0.2) is 10.8 Å². The zero-order chi connectivity index (χ0) is 20.5. The number of benzene rings is 1. The number of aromatic amines is 1. The fourth-order valence-electron chi connectivity index (χ4n) is 3.64. The predicted octanol–water partition coefficient (Wildman–Crippen LogP) is 2.12. The van der Waals surface area contributed by atoms with E-state index in [2.05, 4.69) is 15.1 Å². The minimum atomic E-state index is -0.371. The zero-order valence-corrected chi connectivity index (χ0v) is 17.4. The Morgan fingerprint density at radius 3 is 2.62 bits per heavy atom. The molecule has 8 nitrogen and oxygen atoms in total. The van der Waals surface area contributed by atoms with Crippen LogP contribution in [0.2, 0.25) is 0 Å². The molecule has 29 heavy (non-hydrogen) atoms. The predicted molar refractivity (Wildman–Crippen MR) is 111 cm³/mol. The molecule has 152 valence electrons. The molecule has 1 fully saturated rings. The number of hydrogen-bond donors (Lipinski definition) is 1. The molecule has 2 atom stereocenters. The summed E-state index contributed by atoms with van der Waals surface area (Å²) >= 11 is 1.23. The molecule has 2 unspecified atom stereocenters. The molecule has 0 spiro atoms. The van der Waals surface area contributed by atoms with Crippen molar-refractivity contribution in [1.29, 1.82) is 0 Å². The lowest BCUT2D eigenvalue weighted by Gasteiger charge is -2.35. The molecule has 3 aromatic rings. The summed E-state index contributed by atoms with van der Waals surface area (Å²) in [6, 6.07) is 9.73. The van der Waals surface area contributed by atoms with Gasteiger partial charge in [-0.15, -0.1) is 0 Å². The van der Waals surface area contributed by atoms with Crippen molar-refractivity contribution in [3.63, 3.8) is 0 Å². The number of carbonyl (C=O) groups excluding carboxylic acids is 1. The van der Waals surface area contributed by atoms with Crippen molar-refractivity contribution >= 4 is 23.3 Å². The van der Waals surface area contributed by atoms with Crippen molar-refractivity contribution in [3.05, 3.63) is 46.5 Å². The zero-order valence-electron chi connectivity index (χ0n) is 16.6. The van der Waals surface area contributed by atoms with Crippen LogP contribution in [0.1, 0.15) is 19.5 Å². The van der Waals surface area contributed by atoms with E-state index in [0.717, 1.165) is 16.8 Å². The smallest absolute Gasteiger partial charge is 0.350 e. The third-order valence-corrected chi connectivity index (χ3v) is 5.67. The van der Waals surface area contributed by atoms with Crippen LogP contribution >= 0.6 is 11.8 Å². The van der Waals surface area contributed by atoms with Gasteiger partial charge in [-0.2, -0.15) is 9.61 Å². The summed E-state index contributed by atoms with van der Waals surface area (Å²) in [5.74, 6) is 0.208. The van der Waals surface area contributed by atoms with E-state index in [1.54, 1.807) is 4.90 Å². The second-order valence-electron chi connectivity index (χ2n) is 7.25. The Hall–Kier alpha value is -2.65. The van der Waals surface area contributed by atoms with E-state index >= 15 is 0 Å². The maximum atomic E-state index is 12.6. The maximum Gasteiger partial charge on any atom is 0.350 e. The maximum absolute atomic E-state index is 12.6. The molecule has 1 amide bonds. The number of fused-ring (bicyclic) bond motifs is 1. The molecule has 0 bridgehead atoms. The first-order valence-electron chi connectivity index (χ1n) is 9.53. The van der Waals surface area contributed by atoms with Gasteiger partial charge in [0.1, 0.15) is 0 Å². The van der Waals surface area contributed by atoms with Gasteiger partial charge >= 0.3 is 5.69 Å². The first-order valence-corrected chi connectivity index (χ1v) is 10.5. The number of hydrogen-bond acceptors (Lipinski definition) is 6. The second kappa shape index (κ2) is 8.00.